The number of rotatable bonds is 3. The third-order valence-electron chi connectivity index (χ3n) is 1.94. The van der Waals surface area contributed by atoms with Gasteiger partial charge in [0.1, 0.15) is 11.6 Å². The topological polar surface area (TPSA) is 42.9 Å². The Kier molecular flexibility index (Phi) is 3.36. The Hall–Kier alpha value is -1.62. The minimum atomic E-state index is -1.31. The van der Waals surface area contributed by atoms with E-state index < -0.39 is 10.8 Å². The number of hydrogen-bond donors (Lipinski definition) is 0. The van der Waals surface area contributed by atoms with E-state index in [1.165, 1.54) is 18.2 Å². The molecule has 1 unspecified atom stereocenters. The lowest BCUT2D eigenvalue weighted by molar-refractivity contribution is 0.622. The van der Waals surface area contributed by atoms with Gasteiger partial charge in [-0.15, -0.1) is 0 Å². The lowest BCUT2D eigenvalue weighted by Crippen LogP contribution is -2.00. The molecule has 0 radical (unpaired) electrons. The molecule has 0 saturated heterocycles. The molecule has 5 heteroatoms. The predicted molar refractivity (Wildman–Crippen MR) is 58.5 cm³/mol. The van der Waals surface area contributed by atoms with Gasteiger partial charge >= 0.3 is 0 Å². The molecule has 0 spiro atoms. The first-order chi connectivity index (χ1) is 7.75. The van der Waals surface area contributed by atoms with Crippen LogP contribution >= 0.6 is 0 Å². The predicted octanol–water partition coefficient (Wildman–Crippen LogP) is 1.92. The smallest absolute Gasteiger partial charge is 0.141 e. The average molecular weight is 236 g/mol. The summed E-state index contributed by atoms with van der Waals surface area (Å²) in [5.74, 6) is 0.300. The number of halogens is 1. The molecule has 0 N–H and O–H groups in total. The summed E-state index contributed by atoms with van der Waals surface area (Å²) in [6, 6.07) is 7.43. The van der Waals surface area contributed by atoms with Crippen molar-refractivity contribution in [2.75, 3.05) is 0 Å². The highest BCUT2D eigenvalue weighted by molar-refractivity contribution is 7.84. The van der Waals surface area contributed by atoms with Crippen molar-refractivity contribution in [1.82, 2.24) is 9.97 Å². The maximum atomic E-state index is 12.9. The molecule has 0 fully saturated rings. The lowest BCUT2D eigenvalue weighted by atomic mass is 10.4. The lowest BCUT2D eigenvalue weighted by Gasteiger charge is -2.01. The van der Waals surface area contributed by atoms with E-state index in [0.717, 1.165) is 0 Å². The van der Waals surface area contributed by atoms with Crippen LogP contribution in [0.1, 0.15) is 5.82 Å². The van der Waals surface area contributed by atoms with Gasteiger partial charge in [-0.3, -0.25) is 4.21 Å². The summed E-state index contributed by atoms with van der Waals surface area (Å²) in [6.07, 6.45) is 3.18. The molecule has 82 valence electrons. The van der Waals surface area contributed by atoms with Crippen LogP contribution in [0.5, 0.6) is 0 Å². The molecule has 0 amide bonds. The summed E-state index contributed by atoms with van der Waals surface area (Å²) >= 11 is 0. The highest BCUT2D eigenvalue weighted by Gasteiger charge is 2.07. The van der Waals surface area contributed by atoms with E-state index in [0.29, 0.717) is 10.7 Å². The van der Waals surface area contributed by atoms with Gasteiger partial charge in [0.25, 0.3) is 0 Å². The van der Waals surface area contributed by atoms with Gasteiger partial charge < -0.3 is 0 Å². The van der Waals surface area contributed by atoms with Crippen LogP contribution in [0.4, 0.5) is 4.39 Å². The van der Waals surface area contributed by atoms with E-state index >= 15 is 0 Å². The summed E-state index contributed by atoms with van der Waals surface area (Å²) in [6.45, 7) is 0. The zero-order valence-electron chi connectivity index (χ0n) is 8.34. The third kappa shape index (κ3) is 2.70. The van der Waals surface area contributed by atoms with Crippen molar-refractivity contribution in [3.8, 4) is 0 Å². The summed E-state index contributed by atoms with van der Waals surface area (Å²) in [5, 5.41) is 0. The van der Waals surface area contributed by atoms with Crippen LogP contribution in [-0.4, -0.2) is 14.2 Å². The molecule has 2 rings (SSSR count). The van der Waals surface area contributed by atoms with Crippen molar-refractivity contribution in [2.24, 2.45) is 0 Å². The van der Waals surface area contributed by atoms with E-state index in [9.17, 15) is 8.60 Å². The summed E-state index contributed by atoms with van der Waals surface area (Å²) in [4.78, 5) is 8.39. The third-order valence-corrected chi connectivity index (χ3v) is 3.24. The van der Waals surface area contributed by atoms with Gasteiger partial charge in [-0.05, 0) is 24.3 Å². The number of aromatic nitrogens is 2. The SMILES string of the molecule is O=S(Cc1ncccn1)c1cccc(F)c1. The first kappa shape index (κ1) is 10.9. The molecule has 0 aliphatic carbocycles. The van der Waals surface area contributed by atoms with E-state index in [-0.39, 0.29) is 11.6 Å². The van der Waals surface area contributed by atoms with Crippen LogP contribution in [0.15, 0.2) is 47.6 Å². The van der Waals surface area contributed by atoms with E-state index in [1.807, 2.05) is 0 Å². The Bertz CT molecular complexity index is 504. The minimum Gasteiger partial charge on any atom is -0.254 e. The first-order valence-electron chi connectivity index (χ1n) is 4.65. The van der Waals surface area contributed by atoms with E-state index in [2.05, 4.69) is 9.97 Å². The zero-order valence-corrected chi connectivity index (χ0v) is 9.15. The fourth-order valence-corrected chi connectivity index (χ4v) is 2.24. The van der Waals surface area contributed by atoms with Gasteiger partial charge in [-0.2, -0.15) is 0 Å². The molecule has 0 aliphatic rings. The Balaban J connectivity index is 2.15. The van der Waals surface area contributed by atoms with E-state index in [1.54, 1.807) is 24.5 Å². The monoisotopic (exact) mass is 236 g/mol. The number of benzene rings is 1. The molecule has 3 nitrogen and oxygen atoms in total. The second kappa shape index (κ2) is 4.94. The van der Waals surface area contributed by atoms with Crippen molar-refractivity contribution in [1.29, 1.82) is 0 Å². The second-order valence-electron chi connectivity index (χ2n) is 3.11. The molecule has 1 aromatic carbocycles. The maximum absolute atomic E-state index is 12.9. The van der Waals surface area contributed by atoms with Crippen LogP contribution < -0.4 is 0 Å². The van der Waals surface area contributed by atoms with Gasteiger partial charge in [-0.25, -0.2) is 14.4 Å². The fraction of sp³-hybridized carbons (Fsp3) is 0.0909. The average Bonchev–Trinajstić information content (AvgIpc) is 2.30. The van der Waals surface area contributed by atoms with Crippen molar-refractivity contribution < 1.29 is 8.60 Å². The molecule has 0 bridgehead atoms. The molecule has 2 aromatic rings. The highest BCUT2D eigenvalue weighted by Crippen LogP contribution is 2.11. The van der Waals surface area contributed by atoms with Crippen molar-refractivity contribution >= 4 is 10.8 Å². The van der Waals surface area contributed by atoms with Crippen LogP contribution in [0, 0.1) is 5.82 Å². The van der Waals surface area contributed by atoms with Crippen molar-refractivity contribution in [3.63, 3.8) is 0 Å². The van der Waals surface area contributed by atoms with Gasteiger partial charge in [0.2, 0.25) is 0 Å². The number of nitrogens with zero attached hydrogens (tertiary/aromatic N) is 2. The minimum absolute atomic E-state index is 0.199. The Morgan fingerprint density at radius 3 is 2.62 bits per heavy atom. The zero-order chi connectivity index (χ0) is 11.4. The van der Waals surface area contributed by atoms with Crippen LogP contribution in [-0.2, 0) is 16.6 Å². The Morgan fingerprint density at radius 2 is 1.94 bits per heavy atom. The quantitative estimate of drug-likeness (QED) is 0.817. The van der Waals surface area contributed by atoms with Crippen LogP contribution in [0.25, 0.3) is 0 Å². The molecule has 1 aromatic heterocycles. The molecule has 0 aliphatic heterocycles. The van der Waals surface area contributed by atoms with E-state index in [4.69, 9.17) is 0 Å². The largest absolute Gasteiger partial charge is 0.254 e. The van der Waals surface area contributed by atoms with Gasteiger partial charge in [0, 0.05) is 17.3 Å². The normalized spacial score (nSPS) is 12.3. The first-order valence-corrected chi connectivity index (χ1v) is 5.97. The molecular weight excluding hydrogens is 227 g/mol. The maximum Gasteiger partial charge on any atom is 0.141 e. The van der Waals surface area contributed by atoms with Crippen molar-refractivity contribution in [3.05, 3.63) is 54.4 Å². The summed E-state index contributed by atoms with van der Waals surface area (Å²) in [7, 11) is -1.31. The standard InChI is InChI=1S/C11H9FN2OS/c12-9-3-1-4-10(7-9)16(15)8-11-13-5-2-6-14-11/h1-7H,8H2. The van der Waals surface area contributed by atoms with Gasteiger partial charge in [0.15, 0.2) is 0 Å². The molecule has 1 heterocycles. The fourth-order valence-electron chi connectivity index (χ4n) is 1.21. The molecule has 1 atom stereocenters. The molecular formula is C11H9FN2OS. The van der Waals surface area contributed by atoms with Crippen LogP contribution in [0.3, 0.4) is 0 Å². The summed E-state index contributed by atoms with van der Waals surface area (Å²) in [5.41, 5.74) is 0. The van der Waals surface area contributed by atoms with Crippen LogP contribution in [0.2, 0.25) is 0 Å². The van der Waals surface area contributed by atoms with Gasteiger partial charge in [-0.1, -0.05) is 6.07 Å². The summed E-state index contributed by atoms with van der Waals surface area (Å²) < 4.78 is 24.7. The highest BCUT2D eigenvalue weighted by atomic mass is 32.2. The van der Waals surface area contributed by atoms with Gasteiger partial charge in [0.05, 0.1) is 16.6 Å². The Morgan fingerprint density at radius 1 is 1.19 bits per heavy atom. The second-order valence-corrected chi connectivity index (χ2v) is 4.56. The Labute approximate surface area is 94.8 Å². The number of hydrogen-bond acceptors (Lipinski definition) is 3. The molecule has 0 saturated carbocycles. The van der Waals surface area contributed by atoms with Crippen molar-refractivity contribution in [2.45, 2.75) is 10.6 Å². The molecule has 16 heavy (non-hydrogen) atoms.